The van der Waals surface area contributed by atoms with Gasteiger partial charge in [-0.15, -0.1) is 0 Å². The van der Waals surface area contributed by atoms with Crippen molar-refractivity contribution in [3.8, 4) is 0 Å². The molecule has 38 heavy (non-hydrogen) atoms. The first-order valence-corrected chi connectivity index (χ1v) is 13.0. The average Bonchev–Trinajstić information content (AvgIpc) is 3.15. The second kappa shape index (κ2) is 7.95. The van der Waals surface area contributed by atoms with E-state index in [0.717, 1.165) is 94.5 Å². The Bertz CT molecular complexity index is 2140. The molecular weight excluding hydrogens is 462 g/mol. The monoisotopic (exact) mass is 491 g/mol. The number of hydrazine groups is 1. The SMILES string of the molecule is C=c1c2c(c(=C)c3ccccc13)C1=C(C=CC2)N(CC)c2c(ccc3c(=C)c4ccccc4c(=C)c23)N1N. The van der Waals surface area contributed by atoms with Gasteiger partial charge in [0.1, 0.15) is 0 Å². The fraction of sp³-hybridized carbons (Fsp3) is 0.0857. The number of hydrogen-bond donors (Lipinski definition) is 1. The summed E-state index contributed by atoms with van der Waals surface area (Å²) < 4.78 is 0. The molecule has 0 unspecified atom stereocenters. The van der Waals surface area contributed by atoms with Gasteiger partial charge >= 0.3 is 0 Å². The summed E-state index contributed by atoms with van der Waals surface area (Å²) in [4.78, 5) is 2.38. The predicted octanol–water partition coefficient (Wildman–Crippen LogP) is 4.79. The molecule has 0 radical (unpaired) electrons. The first-order valence-electron chi connectivity index (χ1n) is 13.0. The Labute approximate surface area is 221 Å². The van der Waals surface area contributed by atoms with Gasteiger partial charge in [0.15, 0.2) is 0 Å². The largest absolute Gasteiger partial charge is 0.338 e. The summed E-state index contributed by atoms with van der Waals surface area (Å²) in [5.74, 6) is 7.09. The average molecular weight is 492 g/mol. The van der Waals surface area contributed by atoms with Crippen molar-refractivity contribution in [3.63, 3.8) is 0 Å². The number of allylic oxidation sites excluding steroid dienone is 2. The van der Waals surface area contributed by atoms with Gasteiger partial charge in [-0.05, 0) is 78.9 Å². The maximum absolute atomic E-state index is 7.09. The second-order valence-corrected chi connectivity index (χ2v) is 10.2. The van der Waals surface area contributed by atoms with E-state index in [2.05, 4.69) is 111 Å². The highest BCUT2D eigenvalue weighted by atomic mass is 15.4. The van der Waals surface area contributed by atoms with Gasteiger partial charge < -0.3 is 4.90 Å². The van der Waals surface area contributed by atoms with Crippen LogP contribution < -0.4 is 36.6 Å². The molecule has 3 nitrogen and oxygen atoms in total. The van der Waals surface area contributed by atoms with Crippen LogP contribution in [-0.4, -0.2) is 6.54 Å². The molecule has 0 aromatic heterocycles. The zero-order valence-corrected chi connectivity index (χ0v) is 21.6. The van der Waals surface area contributed by atoms with Crippen LogP contribution in [0.4, 0.5) is 11.4 Å². The molecule has 0 atom stereocenters. The Morgan fingerprint density at radius 2 is 1.34 bits per heavy atom. The third-order valence-electron chi connectivity index (χ3n) is 8.36. The minimum absolute atomic E-state index is 0.769. The van der Waals surface area contributed by atoms with Crippen LogP contribution in [0.3, 0.4) is 0 Å². The number of hydrogen-bond acceptors (Lipinski definition) is 3. The van der Waals surface area contributed by atoms with Crippen molar-refractivity contribution in [1.29, 1.82) is 0 Å². The summed E-state index contributed by atoms with van der Waals surface area (Å²) in [5, 5.41) is 12.6. The lowest BCUT2D eigenvalue weighted by Crippen LogP contribution is -2.41. The number of nitrogens with zero attached hydrogens (tertiary/aromatic N) is 2. The summed E-state index contributed by atoms with van der Waals surface area (Å²) in [7, 11) is 0. The minimum Gasteiger partial charge on any atom is -0.338 e. The van der Waals surface area contributed by atoms with Crippen LogP contribution in [0.2, 0.25) is 0 Å². The number of benzene rings is 5. The molecular formula is C35H29N3. The summed E-state index contributed by atoms with van der Waals surface area (Å²) in [6, 6.07) is 21.0. The zero-order chi connectivity index (χ0) is 26.3. The lowest BCUT2D eigenvalue weighted by Gasteiger charge is -2.40. The zero-order valence-electron chi connectivity index (χ0n) is 21.6. The Hall–Kier alpha value is -4.60. The molecule has 0 amide bonds. The van der Waals surface area contributed by atoms with E-state index in [-0.39, 0.29) is 0 Å². The topological polar surface area (TPSA) is 32.5 Å². The molecule has 0 saturated carbocycles. The van der Waals surface area contributed by atoms with Crippen LogP contribution in [0, 0.1) is 0 Å². The quantitative estimate of drug-likeness (QED) is 0.270. The van der Waals surface area contributed by atoms with Crippen LogP contribution in [0.15, 0.2) is 78.5 Å². The normalized spacial score (nSPS) is 14.7. The van der Waals surface area contributed by atoms with E-state index in [0.29, 0.717) is 0 Å². The van der Waals surface area contributed by atoms with E-state index in [9.17, 15) is 0 Å². The van der Waals surface area contributed by atoms with Gasteiger partial charge in [-0.3, -0.25) is 5.01 Å². The number of likely N-dealkylation sites (N-methyl/N-ethyl adjacent to an activating group) is 1. The van der Waals surface area contributed by atoms with Crippen molar-refractivity contribution in [2.75, 3.05) is 16.5 Å². The summed E-state index contributed by atoms with van der Waals surface area (Å²) >= 11 is 0. The third kappa shape index (κ3) is 2.77. The maximum atomic E-state index is 7.09. The van der Waals surface area contributed by atoms with Gasteiger partial charge in [-0.25, -0.2) is 5.84 Å². The molecule has 0 saturated heterocycles. The minimum atomic E-state index is 0.769. The van der Waals surface area contributed by atoms with Crippen LogP contribution in [0.5, 0.6) is 0 Å². The molecule has 1 aliphatic heterocycles. The van der Waals surface area contributed by atoms with Crippen LogP contribution in [-0.2, 0) is 6.42 Å². The van der Waals surface area contributed by atoms with E-state index < -0.39 is 0 Å². The number of rotatable bonds is 1. The molecule has 1 aliphatic carbocycles. The number of anilines is 2. The van der Waals surface area contributed by atoms with Crippen molar-refractivity contribution < 1.29 is 0 Å². The van der Waals surface area contributed by atoms with Crippen molar-refractivity contribution >= 4 is 75.7 Å². The summed E-state index contributed by atoms with van der Waals surface area (Å²) in [6.45, 7) is 21.1. The highest BCUT2D eigenvalue weighted by molar-refractivity contribution is 6.12. The molecule has 2 N–H and O–H groups in total. The van der Waals surface area contributed by atoms with Gasteiger partial charge in [0.25, 0.3) is 0 Å². The van der Waals surface area contributed by atoms with E-state index >= 15 is 0 Å². The molecule has 5 aromatic rings. The summed E-state index contributed by atoms with van der Waals surface area (Å²) in [5.41, 5.74) is 6.29. The van der Waals surface area contributed by atoms with E-state index in [4.69, 9.17) is 5.84 Å². The van der Waals surface area contributed by atoms with Gasteiger partial charge in [-0.2, -0.15) is 0 Å². The fourth-order valence-corrected chi connectivity index (χ4v) is 6.57. The third-order valence-corrected chi connectivity index (χ3v) is 8.36. The highest BCUT2D eigenvalue weighted by Crippen LogP contribution is 2.45. The molecule has 7 rings (SSSR count). The molecule has 0 spiro atoms. The predicted molar refractivity (Wildman–Crippen MR) is 165 cm³/mol. The fourth-order valence-electron chi connectivity index (χ4n) is 6.57. The number of fused-ring (bicyclic) bond motifs is 7. The van der Waals surface area contributed by atoms with Crippen molar-refractivity contribution in [1.82, 2.24) is 0 Å². The lowest BCUT2D eigenvalue weighted by atomic mass is 9.91. The van der Waals surface area contributed by atoms with Crippen molar-refractivity contribution in [3.05, 3.63) is 111 Å². The van der Waals surface area contributed by atoms with E-state index in [1.165, 1.54) is 5.56 Å². The highest BCUT2D eigenvalue weighted by Gasteiger charge is 2.33. The standard InChI is InChI=1S/C35H29N3/c1-6-37-30-17-11-16-28-20(2)24-12-7-10-15-27(24)23(5)33(28)35(30)38(36)31-19-18-29-21(3)25-13-8-9-14-26(25)22(4)32(29)34(31)37/h7-15,17-19H,2-6,16,36H2,1H3. The number of nitrogens with two attached hydrogens (primary N) is 1. The maximum Gasteiger partial charge on any atom is 0.0894 e. The molecule has 0 bridgehead atoms. The Kier molecular flexibility index (Phi) is 4.72. The van der Waals surface area contributed by atoms with Gasteiger partial charge in [0.2, 0.25) is 0 Å². The smallest absolute Gasteiger partial charge is 0.0894 e. The van der Waals surface area contributed by atoms with E-state index in [1.54, 1.807) is 0 Å². The van der Waals surface area contributed by atoms with Crippen molar-refractivity contribution in [2.45, 2.75) is 13.3 Å². The van der Waals surface area contributed by atoms with Crippen LogP contribution in [0.25, 0.3) is 64.3 Å². The molecule has 2 aliphatic rings. The van der Waals surface area contributed by atoms with Crippen LogP contribution >= 0.6 is 0 Å². The first kappa shape index (κ1) is 22.6. The lowest BCUT2D eigenvalue weighted by molar-refractivity contribution is 0.936. The van der Waals surface area contributed by atoms with Gasteiger partial charge in [-0.1, -0.05) is 87.0 Å². The molecule has 5 aromatic carbocycles. The second-order valence-electron chi connectivity index (χ2n) is 10.2. The molecule has 184 valence electrons. The molecule has 3 heteroatoms. The van der Waals surface area contributed by atoms with Gasteiger partial charge in [0.05, 0.1) is 22.8 Å². The Morgan fingerprint density at radius 1 is 0.737 bits per heavy atom. The first-order chi connectivity index (χ1) is 18.4. The molecule has 0 fully saturated rings. The van der Waals surface area contributed by atoms with Crippen LogP contribution in [0.1, 0.15) is 18.1 Å². The summed E-state index contributed by atoms with van der Waals surface area (Å²) in [6.07, 6.45) is 5.20. The van der Waals surface area contributed by atoms with Gasteiger partial charge in [0, 0.05) is 17.5 Å². The Morgan fingerprint density at radius 3 is 2.00 bits per heavy atom. The Balaban J connectivity index is 1.63. The van der Waals surface area contributed by atoms with E-state index in [1.807, 2.05) is 5.01 Å². The molecule has 1 heterocycles. The van der Waals surface area contributed by atoms with Crippen molar-refractivity contribution in [2.24, 2.45) is 5.84 Å².